The molecule has 1 heterocycles. The number of aromatic nitrogens is 1. The molecule has 0 spiro atoms. The lowest BCUT2D eigenvalue weighted by atomic mass is 9.95. The number of hydrogen-bond donors (Lipinski definition) is 1. The first-order valence-electron chi connectivity index (χ1n) is 10.2. The van der Waals surface area contributed by atoms with Gasteiger partial charge in [0.25, 0.3) is 0 Å². The number of nitrogens with two attached hydrogens (primary N) is 1. The molecule has 1 aromatic heterocycles. The number of rotatable bonds is 7. The van der Waals surface area contributed by atoms with Gasteiger partial charge in [-0.05, 0) is 53.8 Å². The maximum atomic E-state index is 14.6. The first-order valence-corrected chi connectivity index (χ1v) is 10.2. The summed E-state index contributed by atoms with van der Waals surface area (Å²) in [7, 11) is 1.56. The molecule has 0 aliphatic heterocycles. The van der Waals surface area contributed by atoms with Gasteiger partial charge < -0.3 is 10.6 Å². The molecule has 2 aromatic carbocycles. The maximum absolute atomic E-state index is 14.6. The van der Waals surface area contributed by atoms with Crippen molar-refractivity contribution in [2.75, 3.05) is 17.7 Å². The second-order valence-electron chi connectivity index (χ2n) is 7.47. The van der Waals surface area contributed by atoms with Gasteiger partial charge in [-0.2, -0.15) is 0 Å². The van der Waals surface area contributed by atoms with Gasteiger partial charge in [-0.1, -0.05) is 37.3 Å². The Hall–Kier alpha value is -3.54. The molecule has 2 N–H and O–H groups in total. The predicted molar refractivity (Wildman–Crippen MR) is 122 cm³/mol. The minimum Gasteiger partial charge on any atom is -0.383 e. The fourth-order valence-electron chi connectivity index (χ4n) is 3.53. The normalized spacial score (nSPS) is 10.7. The van der Waals surface area contributed by atoms with Gasteiger partial charge in [0.15, 0.2) is 5.78 Å². The summed E-state index contributed by atoms with van der Waals surface area (Å²) < 4.78 is 14.6. The van der Waals surface area contributed by atoms with E-state index in [1.165, 1.54) is 11.0 Å². The molecule has 160 valence electrons. The average Bonchev–Trinajstić information content (AvgIpc) is 2.77. The number of Topliss-reactive ketones (excluding diaryl/α,β-unsaturated/α-hetero) is 1. The molecule has 31 heavy (non-hydrogen) atoms. The Morgan fingerprint density at radius 2 is 1.81 bits per heavy atom. The zero-order valence-electron chi connectivity index (χ0n) is 18.0. The number of ketones is 1. The summed E-state index contributed by atoms with van der Waals surface area (Å²) in [6.07, 6.45) is 2.78. The van der Waals surface area contributed by atoms with E-state index < -0.39 is 5.82 Å². The fourth-order valence-corrected chi connectivity index (χ4v) is 3.53. The van der Waals surface area contributed by atoms with Crippen LogP contribution in [0, 0.1) is 12.7 Å². The molecule has 0 unspecified atom stereocenters. The topological polar surface area (TPSA) is 76.3 Å². The highest BCUT2D eigenvalue weighted by atomic mass is 19.1. The number of nitrogens with zero attached hydrogens (tertiary/aromatic N) is 2. The molecule has 3 aromatic rings. The van der Waals surface area contributed by atoms with Crippen molar-refractivity contribution < 1.29 is 14.0 Å². The lowest BCUT2D eigenvalue weighted by Gasteiger charge is -2.18. The van der Waals surface area contributed by atoms with Crippen LogP contribution in [0.4, 0.5) is 15.9 Å². The molecule has 1 amide bonds. The van der Waals surface area contributed by atoms with Crippen LogP contribution in [-0.2, 0) is 11.2 Å². The molecular formula is C25H26FN3O2. The van der Waals surface area contributed by atoms with E-state index in [0.717, 1.165) is 16.7 Å². The van der Waals surface area contributed by atoms with Crippen LogP contribution >= 0.6 is 0 Å². The largest absolute Gasteiger partial charge is 0.383 e. The van der Waals surface area contributed by atoms with Crippen LogP contribution in [0.15, 0.2) is 54.7 Å². The monoisotopic (exact) mass is 419 g/mol. The molecule has 0 saturated heterocycles. The van der Waals surface area contributed by atoms with E-state index in [1.54, 1.807) is 44.4 Å². The van der Waals surface area contributed by atoms with Crippen molar-refractivity contribution in [3.05, 3.63) is 77.2 Å². The van der Waals surface area contributed by atoms with Gasteiger partial charge in [-0.15, -0.1) is 0 Å². The third-order valence-corrected chi connectivity index (χ3v) is 5.39. The number of pyridine rings is 1. The second-order valence-corrected chi connectivity index (χ2v) is 7.47. The van der Waals surface area contributed by atoms with E-state index in [2.05, 4.69) is 4.98 Å². The van der Waals surface area contributed by atoms with Gasteiger partial charge in [0.05, 0.1) is 5.69 Å². The van der Waals surface area contributed by atoms with Crippen molar-refractivity contribution in [3.8, 4) is 11.1 Å². The van der Waals surface area contributed by atoms with Crippen molar-refractivity contribution in [2.45, 2.75) is 33.1 Å². The molecule has 0 bridgehead atoms. The predicted octanol–water partition coefficient (Wildman–Crippen LogP) is 4.97. The van der Waals surface area contributed by atoms with Crippen LogP contribution in [0.2, 0.25) is 0 Å². The Kier molecular flexibility index (Phi) is 6.80. The summed E-state index contributed by atoms with van der Waals surface area (Å²) in [4.78, 5) is 29.9. The highest BCUT2D eigenvalue weighted by molar-refractivity contribution is 5.98. The molecule has 0 fully saturated rings. The number of amides is 1. The van der Waals surface area contributed by atoms with Crippen LogP contribution in [0.3, 0.4) is 0 Å². The Morgan fingerprint density at radius 3 is 2.45 bits per heavy atom. The number of hydrogen-bond acceptors (Lipinski definition) is 4. The van der Waals surface area contributed by atoms with Crippen LogP contribution in [0.1, 0.15) is 41.3 Å². The Labute approximate surface area is 181 Å². The zero-order chi connectivity index (χ0) is 22.5. The zero-order valence-corrected chi connectivity index (χ0v) is 18.0. The Morgan fingerprint density at radius 1 is 1.10 bits per heavy atom. The number of aryl methyl sites for hydroxylation is 2. The molecule has 6 heteroatoms. The van der Waals surface area contributed by atoms with E-state index >= 15 is 0 Å². The standard InChI is InChI=1S/C25H26FN3O2/c1-4-24(31)29(3)22-11-8-19(15-21(22)26)18-7-10-20(16(2)14-18)23(30)12-9-17-6-5-13-28-25(17)27/h5-8,10-11,13-15H,4,9,12H2,1-3H3,(H2,27,28). The van der Waals surface area contributed by atoms with E-state index in [1.807, 2.05) is 25.1 Å². The minimum absolute atomic E-state index is 0.0218. The van der Waals surface area contributed by atoms with Gasteiger partial charge in [0.1, 0.15) is 11.6 Å². The number of anilines is 2. The van der Waals surface area contributed by atoms with Gasteiger partial charge >= 0.3 is 0 Å². The van der Waals surface area contributed by atoms with E-state index in [0.29, 0.717) is 36.2 Å². The molecule has 0 aliphatic rings. The van der Waals surface area contributed by atoms with Crippen LogP contribution < -0.4 is 10.6 Å². The molecule has 0 saturated carbocycles. The molecule has 5 nitrogen and oxygen atoms in total. The number of nitrogen functional groups attached to an aromatic ring is 1. The lowest BCUT2D eigenvalue weighted by molar-refractivity contribution is -0.118. The maximum Gasteiger partial charge on any atom is 0.226 e. The summed E-state index contributed by atoms with van der Waals surface area (Å²) in [5, 5.41) is 0. The van der Waals surface area contributed by atoms with Gasteiger partial charge in [0.2, 0.25) is 5.91 Å². The first kappa shape index (κ1) is 22.2. The Balaban J connectivity index is 1.77. The van der Waals surface area contributed by atoms with Crippen molar-refractivity contribution in [1.29, 1.82) is 0 Å². The minimum atomic E-state index is -0.464. The van der Waals surface area contributed by atoms with Gasteiger partial charge in [-0.3, -0.25) is 9.59 Å². The number of carbonyl (C=O) groups is 2. The van der Waals surface area contributed by atoms with E-state index in [9.17, 15) is 14.0 Å². The Bertz CT molecular complexity index is 1130. The van der Waals surface area contributed by atoms with Gasteiger partial charge in [0, 0.05) is 31.6 Å². The highest BCUT2D eigenvalue weighted by Gasteiger charge is 2.15. The quantitative estimate of drug-likeness (QED) is 0.549. The molecular weight excluding hydrogens is 393 g/mol. The molecule has 0 aliphatic carbocycles. The lowest BCUT2D eigenvalue weighted by Crippen LogP contribution is -2.25. The summed E-state index contributed by atoms with van der Waals surface area (Å²) >= 11 is 0. The van der Waals surface area contributed by atoms with Gasteiger partial charge in [-0.25, -0.2) is 9.37 Å². The molecule has 0 atom stereocenters. The number of benzene rings is 2. The van der Waals surface area contributed by atoms with Crippen molar-refractivity contribution >= 4 is 23.2 Å². The summed E-state index contributed by atoms with van der Waals surface area (Å²) in [5.41, 5.74) is 9.90. The van der Waals surface area contributed by atoms with Crippen LogP contribution in [0.5, 0.6) is 0 Å². The number of carbonyl (C=O) groups excluding carboxylic acids is 2. The average molecular weight is 420 g/mol. The first-order chi connectivity index (χ1) is 14.8. The summed E-state index contributed by atoms with van der Waals surface area (Å²) in [5.74, 6) is -0.153. The van der Waals surface area contributed by atoms with Crippen molar-refractivity contribution in [1.82, 2.24) is 4.98 Å². The van der Waals surface area contributed by atoms with Crippen molar-refractivity contribution in [2.24, 2.45) is 0 Å². The van der Waals surface area contributed by atoms with E-state index in [4.69, 9.17) is 5.73 Å². The smallest absolute Gasteiger partial charge is 0.226 e. The molecule has 3 rings (SSSR count). The fraction of sp³-hybridized carbons (Fsp3) is 0.240. The summed E-state index contributed by atoms with van der Waals surface area (Å²) in [6.45, 7) is 3.61. The highest BCUT2D eigenvalue weighted by Crippen LogP contribution is 2.28. The third-order valence-electron chi connectivity index (χ3n) is 5.39. The second kappa shape index (κ2) is 9.51. The summed E-state index contributed by atoms with van der Waals surface area (Å²) in [6, 6.07) is 13.9. The third kappa shape index (κ3) is 4.97. The van der Waals surface area contributed by atoms with E-state index in [-0.39, 0.29) is 17.4 Å². The van der Waals surface area contributed by atoms with Crippen molar-refractivity contribution in [3.63, 3.8) is 0 Å². The molecule has 0 radical (unpaired) electrons. The SMILES string of the molecule is CCC(=O)N(C)c1ccc(-c2ccc(C(=O)CCc3cccnc3N)c(C)c2)cc1F. The number of halogens is 1. The van der Waals surface area contributed by atoms with Crippen LogP contribution in [0.25, 0.3) is 11.1 Å². The van der Waals surface area contributed by atoms with Crippen LogP contribution in [-0.4, -0.2) is 23.7 Å².